The fraction of sp³-hybridized carbons (Fsp3) is 0.133. The summed E-state index contributed by atoms with van der Waals surface area (Å²) in [5.74, 6) is -0.336. The Morgan fingerprint density at radius 1 is 1.00 bits per heavy atom. The maximum atomic E-state index is 13.3. The van der Waals surface area contributed by atoms with Gasteiger partial charge >= 0.3 is 5.97 Å². The third kappa shape index (κ3) is 4.10. The van der Waals surface area contributed by atoms with Gasteiger partial charge in [-0.25, -0.2) is 9.18 Å². The topological polar surface area (TPSA) is 35.5 Å². The smallest absolute Gasteiger partial charge is 0.344 e. The number of carbonyl (C=O) groups excluding carboxylic acids is 1. The van der Waals surface area contributed by atoms with Crippen LogP contribution in [-0.2, 0) is 16.1 Å². The Hall–Kier alpha value is -2.36. The highest BCUT2D eigenvalue weighted by molar-refractivity contribution is 5.71. The number of rotatable bonds is 5. The first-order valence-electron chi connectivity index (χ1n) is 5.82. The SMILES string of the molecule is O=C(COc1ccccc1)OCc1ccccc1F. The molecular formula is C15H13FO3. The van der Waals surface area contributed by atoms with E-state index in [1.54, 1.807) is 42.5 Å². The van der Waals surface area contributed by atoms with Crippen molar-refractivity contribution >= 4 is 5.97 Å². The van der Waals surface area contributed by atoms with Crippen molar-refractivity contribution in [1.82, 2.24) is 0 Å². The van der Waals surface area contributed by atoms with Crippen LogP contribution in [0.2, 0.25) is 0 Å². The van der Waals surface area contributed by atoms with Gasteiger partial charge in [0.05, 0.1) is 0 Å². The summed E-state index contributed by atoms with van der Waals surface area (Å²) in [5.41, 5.74) is 0.343. The van der Waals surface area contributed by atoms with Gasteiger partial charge in [0.2, 0.25) is 0 Å². The van der Waals surface area contributed by atoms with Gasteiger partial charge in [-0.05, 0) is 18.2 Å². The molecule has 2 rings (SSSR count). The molecular weight excluding hydrogens is 247 g/mol. The predicted octanol–water partition coefficient (Wildman–Crippen LogP) is 2.95. The molecule has 0 saturated carbocycles. The quantitative estimate of drug-likeness (QED) is 0.775. The molecule has 2 aromatic carbocycles. The van der Waals surface area contributed by atoms with Crippen molar-refractivity contribution < 1.29 is 18.7 Å². The molecule has 0 radical (unpaired) electrons. The second-order valence-electron chi connectivity index (χ2n) is 3.85. The lowest BCUT2D eigenvalue weighted by atomic mass is 10.2. The lowest BCUT2D eigenvalue weighted by molar-refractivity contribution is -0.147. The Kier molecular flexibility index (Phi) is 4.50. The van der Waals surface area contributed by atoms with Gasteiger partial charge in [-0.1, -0.05) is 36.4 Å². The summed E-state index contributed by atoms with van der Waals surface area (Å²) >= 11 is 0. The molecule has 0 spiro atoms. The summed E-state index contributed by atoms with van der Waals surface area (Å²) in [7, 11) is 0. The Labute approximate surface area is 110 Å². The molecule has 0 aromatic heterocycles. The van der Waals surface area contributed by atoms with Gasteiger partial charge < -0.3 is 9.47 Å². The van der Waals surface area contributed by atoms with Gasteiger partial charge in [-0.15, -0.1) is 0 Å². The summed E-state index contributed by atoms with van der Waals surface area (Å²) in [6.45, 7) is -0.290. The molecule has 0 saturated heterocycles. The summed E-state index contributed by atoms with van der Waals surface area (Å²) < 4.78 is 23.4. The first kappa shape index (κ1) is 13.1. The summed E-state index contributed by atoms with van der Waals surface area (Å²) in [4.78, 5) is 11.4. The molecule has 0 bridgehead atoms. The fourth-order valence-corrected chi connectivity index (χ4v) is 1.47. The third-order valence-electron chi connectivity index (χ3n) is 2.45. The minimum absolute atomic E-state index is 0.0936. The van der Waals surface area contributed by atoms with E-state index >= 15 is 0 Å². The number of para-hydroxylation sites is 1. The van der Waals surface area contributed by atoms with Gasteiger partial charge in [0, 0.05) is 5.56 Å². The zero-order chi connectivity index (χ0) is 13.5. The van der Waals surface area contributed by atoms with E-state index in [2.05, 4.69) is 0 Å². The van der Waals surface area contributed by atoms with Crippen molar-refractivity contribution in [3.8, 4) is 5.75 Å². The molecule has 0 amide bonds. The van der Waals surface area contributed by atoms with E-state index in [1.165, 1.54) is 6.07 Å². The Morgan fingerprint density at radius 3 is 2.42 bits per heavy atom. The van der Waals surface area contributed by atoms with Gasteiger partial charge in [0.15, 0.2) is 6.61 Å². The van der Waals surface area contributed by atoms with Gasteiger partial charge in [-0.3, -0.25) is 0 Å². The molecule has 0 fully saturated rings. The lowest BCUT2D eigenvalue weighted by Gasteiger charge is -2.07. The second-order valence-corrected chi connectivity index (χ2v) is 3.85. The Balaban J connectivity index is 1.78. The van der Waals surface area contributed by atoms with Crippen LogP contribution < -0.4 is 4.74 Å². The molecule has 0 aliphatic carbocycles. The van der Waals surface area contributed by atoms with E-state index in [-0.39, 0.29) is 19.0 Å². The van der Waals surface area contributed by atoms with Crippen molar-refractivity contribution in [2.24, 2.45) is 0 Å². The van der Waals surface area contributed by atoms with Gasteiger partial charge in [0.25, 0.3) is 0 Å². The normalized spacial score (nSPS) is 9.95. The van der Waals surface area contributed by atoms with Crippen LogP contribution in [0.5, 0.6) is 5.75 Å². The van der Waals surface area contributed by atoms with E-state index in [0.717, 1.165) is 0 Å². The molecule has 4 heteroatoms. The molecule has 3 nitrogen and oxygen atoms in total. The minimum Gasteiger partial charge on any atom is -0.482 e. The van der Waals surface area contributed by atoms with E-state index < -0.39 is 5.97 Å². The molecule has 0 atom stereocenters. The van der Waals surface area contributed by atoms with E-state index in [9.17, 15) is 9.18 Å². The van der Waals surface area contributed by atoms with Gasteiger partial charge in [0.1, 0.15) is 18.2 Å². The highest BCUT2D eigenvalue weighted by Gasteiger charge is 2.07. The van der Waals surface area contributed by atoms with Crippen LogP contribution in [0.4, 0.5) is 4.39 Å². The molecule has 0 aliphatic rings. The van der Waals surface area contributed by atoms with E-state index in [1.807, 2.05) is 6.07 Å². The van der Waals surface area contributed by atoms with Crippen LogP contribution in [0.1, 0.15) is 5.56 Å². The van der Waals surface area contributed by atoms with Crippen LogP contribution in [-0.4, -0.2) is 12.6 Å². The molecule has 0 aliphatic heterocycles. The highest BCUT2D eigenvalue weighted by atomic mass is 19.1. The fourth-order valence-electron chi connectivity index (χ4n) is 1.47. The molecule has 0 N–H and O–H groups in total. The van der Waals surface area contributed by atoms with Crippen molar-refractivity contribution in [3.63, 3.8) is 0 Å². The number of benzene rings is 2. The number of carbonyl (C=O) groups is 1. The van der Waals surface area contributed by atoms with Crippen LogP contribution in [0.25, 0.3) is 0 Å². The van der Waals surface area contributed by atoms with Crippen molar-refractivity contribution in [1.29, 1.82) is 0 Å². The number of hydrogen-bond donors (Lipinski definition) is 0. The average Bonchev–Trinajstić information content (AvgIpc) is 2.45. The monoisotopic (exact) mass is 260 g/mol. The molecule has 19 heavy (non-hydrogen) atoms. The van der Waals surface area contributed by atoms with Crippen LogP contribution in [0.15, 0.2) is 54.6 Å². The summed E-state index contributed by atoms with van der Waals surface area (Å²) in [5, 5.41) is 0. The standard InChI is InChI=1S/C15H13FO3/c16-14-9-5-4-6-12(14)10-19-15(17)11-18-13-7-2-1-3-8-13/h1-9H,10-11H2. The minimum atomic E-state index is -0.535. The highest BCUT2D eigenvalue weighted by Crippen LogP contribution is 2.09. The van der Waals surface area contributed by atoms with Gasteiger partial charge in [-0.2, -0.15) is 0 Å². The largest absolute Gasteiger partial charge is 0.482 e. The van der Waals surface area contributed by atoms with Crippen LogP contribution >= 0.6 is 0 Å². The van der Waals surface area contributed by atoms with Crippen molar-refractivity contribution in [2.45, 2.75) is 6.61 Å². The number of esters is 1. The number of ether oxygens (including phenoxy) is 2. The van der Waals surface area contributed by atoms with Crippen LogP contribution in [0, 0.1) is 5.82 Å². The summed E-state index contributed by atoms with van der Waals surface area (Å²) in [6.07, 6.45) is 0. The second kappa shape index (κ2) is 6.54. The lowest BCUT2D eigenvalue weighted by Crippen LogP contribution is -2.15. The van der Waals surface area contributed by atoms with Crippen molar-refractivity contribution in [2.75, 3.05) is 6.61 Å². The first-order valence-corrected chi connectivity index (χ1v) is 5.82. The Bertz CT molecular complexity index is 540. The Morgan fingerprint density at radius 2 is 1.68 bits per heavy atom. The molecule has 0 heterocycles. The zero-order valence-electron chi connectivity index (χ0n) is 10.2. The zero-order valence-corrected chi connectivity index (χ0v) is 10.2. The summed E-state index contributed by atoms with van der Waals surface area (Å²) in [6, 6.07) is 15.1. The van der Waals surface area contributed by atoms with Crippen LogP contribution in [0.3, 0.4) is 0 Å². The van der Waals surface area contributed by atoms with Crippen molar-refractivity contribution in [3.05, 3.63) is 66.0 Å². The van der Waals surface area contributed by atoms with E-state index in [0.29, 0.717) is 11.3 Å². The molecule has 2 aromatic rings. The molecule has 0 unspecified atom stereocenters. The maximum Gasteiger partial charge on any atom is 0.344 e. The van der Waals surface area contributed by atoms with E-state index in [4.69, 9.17) is 9.47 Å². The maximum absolute atomic E-state index is 13.3. The molecule has 98 valence electrons. The first-order chi connectivity index (χ1) is 9.25. The average molecular weight is 260 g/mol. The number of hydrogen-bond acceptors (Lipinski definition) is 3. The third-order valence-corrected chi connectivity index (χ3v) is 2.45. The number of halogens is 1. The predicted molar refractivity (Wildman–Crippen MR) is 68.1 cm³/mol.